The minimum Gasteiger partial charge on any atom is -0.374 e. The molecule has 4 nitrogen and oxygen atoms in total. The molecule has 1 aliphatic carbocycles. The van der Waals surface area contributed by atoms with Crippen LogP contribution < -0.4 is 15.5 Å². The molecular formula is C22H24ClN3O. The SMILES string of the molecule is Cc1c(Cl)cccc1[C@@]1(Nc2ccc3c(c2)N(C)C(=O)C32CC2)CCNC1. The van der Waals surface area contributed by atoms with Gasteiger partial charge < -0.3 is 15.5 Å². The van der Waals surface area contributed by atoms with E-state index in [0.29, 0.717) is 0 Å². The van der Waals surface area contributed by atoms with Crippen molar-refractivity contribution >= 4 is 28.9 Å². The number of carbonyl (C=O) groups is 1. The highest BCUT2D eigenvalue weighted by molar-refractivity contribution is 6.31. The Bertz CT molecular complexity index is 945. The highest BCUT2D eigenvalue weighted by Gasteiger charge is 2.58. The van der Waals surface area contributed by atoms with Gasteiger partial charge in [-0.3, -0.25) is 4.79 Å². The fraction of sp³-hybridized carbons (Fsp3) is 0.409. The zero-order chi connectivity index (χ0) is 18.8. The molecule has 0 aromatic heterocycles. The highest BCUT2D eigenvalue weighted by atomic mass is 35.5. The molecule has 1 spiro atoms. The van der Waals surface area contributed by atoms with Crippen molar-refractivity contribution in [1.29, 1.82) is 0 Å². The van der Waals surface area contributed by atoms with E-state index in [-0.39, 0.29) is 16.9 Å². The standard InChI is InChI=1S/C22H24ClN3O/c1-14-16(4-3-5-18(14)23)22(10-11-24-13-22)25-15-6-7-17-19(12-15)26(2)20(27)21(17)8-9-21/h3-7,12,24-25H,8-11,13H2,1-2H3/t22-/m1/s1. The van der Waals surface area contributed by atoms with Gasteiger partial charge in [-0.25, -0.2) is 0 Å². The normalized spacial score (nSPS) is 25.1. The minimum absolute atomic E-state index is 0.193. The van der Waals surface area contributed by atoms with Crippen molar-refractivity contribution in [2.45, 2.75) is 37.1 Å². The van der Waals surface area contributed by atoms with Crippen LogP contribution in [-0.2, 0) is 15.7 Å². The van der Waals surface area contributed by atoms with Gasteiger partial charge in [0.05, 0.1) is 11.0 Å². The summed E-state index contributed by atoms with van der Waals surface area (Å²) in [6.45, 7) is 3.90. The Hall–Kier alpha value is -2.04. The van der Waals surface area contributed by atoms with Gasteiger partial charge in [0.15, 0.2) is 0 Å². The summed E-state index contributed by atoms with van der Waals surface area (Å²) in [5.74, 6) is 0.248. The van der Waals surface area contributed by atoms with Gasteiger partial charge in [-0.15, -0.1) is 0 Å². The van der Waals surface area contributed by atoms with Crippen LogP contribution in [-0.4, -0.2) is 26.0 Å². The van der Waals surface area contributed by atoms with Gasteiger partial charge in [0.25, 0.3) is 0 Å². The third kappa shape index (κ3) is 2.36. The molecule has 2 aliphatic heterocycles. The summed E-state index contributed by atoms with van der Waals surface area (Å²) in [4.78, 5) is 14.5. The molecule has 2 N–H and O–H groups in total. The molecule has 27 heavy (non-hydrogen) atoms. The van der Waals surface area contributed by atoms with Gasteiger partial charge in [0.2, 0.25) is 5.91 Å². The second-order valence-corrected chi connectivity index (χ2v) is 8.63. The maximum absolute atomic E-state index is 12.6. The molecule has 2 aromatic carbocycles. The first kappa shape index (κ1) is 17.1. The van der Waals surface area contributed by atoms with E-state index < -0.39 is 0 Å². The van der Waals surface area contributed by atoms with Crippen molar-refractivity contribution in [3.8, 4) is 0 Å². The van der Waals surface area contributed by atoms with Crippen molar-refractivity contribution in [3.63, 3.8) is 0 Å². The number of rotatable bonds is 3. The number of fused-ring (bicyclic) bond motifs is 2. The number of likely N-dealkylation sites (N-methyl/N-ethyl adjacent to an activating group) is 1. The number of nitrogens with one attached hydrogen (secondary N) is 2. The first-order valence-corrected chi connectivity index (χ1v) is 10.0. The molecule has 2 heterocycles. The molecule has 1 atom stereocenters. The van der Waals surface area contributed by atoms with E-state index in [4.69, 9.17) is 11.6 Å². The van der Waals surface area contributed by atoms with Crippen LogP contribution in [0.5, 0.6) is 0 Å². The molecule has 0 radical (unpaired) electrons. The Balaban J connectivity index is 1.54. The van der Waals surface area contributed by atoms with Crippen LogP contribution in [0.15, 0.2) is 36.4 Å². The first-order valence-electron chi connectivity index (χ1n) is 9.64. The maximum Gasteiger partial charge on any atom is 0.237 e. The Morgan fingerprint density at radius 2 is 1.96 bits per heavy atom. The highest BCUT2D eigenvalue weighted by Crippen LogP contribution is 2.57. The Kier molecular flexibility index (Phi) is 3.62. The summed E-state index contributed by atoms with van der Waals surface area (Å²) in [5.41, 5.74) is 5.24. The lowest BCUT2D eigenvalue weighted by atomic mass is 9.85. The van der Waals surface area contributed by atoms with Crippen molar-refractivity contribution in [2.75, 3.05) is 30.4 Å². The van der Waals surface area contributed by atoms with Crippen LogP contribution in [0, 0.1) is 6.92 Å². The van der Waals surface area contributed by atoms with Crippen LogP contribution >= 0.6 is 11.6 Å². The van der Waals surface area contributed by atoms with Gasteiger partial charge in [0.1, 0.15) is 0 Å². The number of amides is 1. The minimum atomic E-state index is -0.223. The predicted octanol–water partition coefficient (Wildman–Crippen LogP) is 3.96. The number of nitrogens with zero attached hydrogens (tertiary/aromatic N) is 1. The summed E-state index contributed by atoms with van der Waals surface area (Å²) in [5, 5.41) is 8.09. The van der Waals surface area contributed by atoms with Crippen molar-refractivity contribution in [3.05, 3.63) is 58.1 Å². The summed E-state index contributed by atoms with van der Waals surface area (Å²) >= 11 is 6.42. The lowest BCUT2D eigenvalue weighted by Gasteiger charge is -2.33. The number of benzene rings is 2. The molecule has 5 heteroatoms. The zero-order valence-corrected chi connectivity index (χ0v) is 16.5. The van der Waals surface area contributed by atoms with E-state index in [1.54, 1.807) is 0 Å². The number of carbonyl (C=O) groups excluding carboxylic acids is 1. The van der Waals surface area contributed by atoms with Crippen LogP contribution in [0.4, 0.5) is 11.4 Å². The van der Waals surface area contributed by atoms with E-state index in [2.05, 4.69) is 41.8 Å². The van der Waals surface area contributed by atoms with E-state index >= 15 is 0 Å². The molecule has 2 fully saturated rings. The number of hydrogen-bond acceptors (Lipinski definition) is 3. The zero-order valence-electron chi connectivity index (χ0n) is 15.7. The second-order valence-electron chi connectivity index (χ2n) is 8.22. The molecule has 140 valence electrons. The molecule has 1 saturated heterocycles. The van der Waals surface area contributed by atoms with E-state index in [0.717, 1.165) is 54.3 Å². The third-order valence-corrected chi connectivity index (χ3v) is 7.07. The molecule has 0 bridgehead atoms. The smallest absolute Gasteiger partial charge is 0.237 e. The average molecular weight is 382 g/mol. The van der Waals surface area contributed by atoms with Gasteiger partial charge in [-0.2, -0.15) is 0 Å². The Morgan fingerprint density at radius 1 is 1.15 bits per heavy atom. The lowest BCUT2D eigenvalue weighted by molar-refractivity contribution is -0.119. The van der Waals surface area contributed by atoms with Gasteiger partial charge in [0, 0.05) is 30.0 Å². The summed E-state index contributed by atoms with van der Waals surface area (Å²) in [6, 6.07) is 12.6. The van der Waals surface area contributed by atoms with Crippen molar-refractivity contribution < 1.29 is 4.79 Å². The summed E-state index contributed by atoms with van der Waals surface area (Å²) in [7, 11) is 1.89. The van der Waals surface area contributed by atoms with Gasteiger partial charge in [-0.05, 0) is 67.6 Å². The van der Waals surface area contributed by atoms with Crippen LogP contribution in [0.2, 0.25) is 5.02 Å². The average Bonchev–Trinajstić information content (AvgIpc) is 3.30. The molecule has 1 amide bonds. The van der Waals surface area contributed by atoms with Crippen molar-refractivity contribution in [2.24, 2.45) is 0 Å². The summed E-state index contributed by atoms with van der Waals surface area (Å²) in [6.07, 6.45) is 2.95. The summed E-state index contributed by atoms with van der Waals surface area (Å²) < 4.78 is 0. The maximum atomic E-state index is 12.6. The van der Waals surface area contributed by atoms with E-state index in [1.165, 1.54) is 11.1 Å². The topological polar surface area (TPSA) is 44.4 Å². The molecule has 2 aromatic rings. The fourth-order valence-electron chi connectivity index (χ4n) is 4.94. The second kappa shape index (κ2) is 5.73. The monoisotopic (exact) mass is 381 g/mol. The van der Waals surface area contributed by atoms with Crippen LogP contribution in [0.1, 0.15) is 36.0 Å². The molecule has 1 saturated carbocycles. The van der Waals surface area contributed by atoms with Crippen LogP contribution in [0.25, 0.3) is 0 Å². The molecule has 0 unspecified atom stereocenters. The Labute approximate surface area is 164 Å². The van der Waals surface area contributed by atoms with E-state index in [1.807, 2.05) is 24.1 Å². The van der Waals surface area contributed by atoms with Crippen molar-refractivity contribution in [1.82, 2.24) is 5.32 Å². The molecular weight excluding hydrogens is 358 g/mol. The third-order valence-electron chi connectivity index (χ3n) is 6.66. The largest absolute Gasteiger partial charge is 0.374 e. The molecule has 3 aliphatic rings. The number of anilines is 2. The van der Waals surface area contributed by atoms with Crippen LogP contribution in [0.3, 0.4) is 0 Å². The fourth-order valence-corrected chi connectivity index (χ4v) is 5.12. The first-order chi connectivity index (χ1) is 13.0. The van der Waals surface area contributed by atoms with E-state index in [9.17, 15) is 4.79 Å². The number of halogens is 1. The van der Waals surface area contributed by atoms with Gasteiger partial charge in [-0.1, -0.05) is 29.8 Å². The Morgan fingerprint density at radius 3 is 2.67 bits per heavy atom. The number of hydrogen-bond donors (Lipinski definition) is 2. The van der Waals surface area contributed by atoms with Gasteiger partial charge >= 0.3 is 0 Å². The lowest BCUT2D eigenvalue weighted by Crippen LogP contribution is -2.38. The predicted molar refractivity (Wildman–Crippen MR) is 110 cm³/mol. The quantitative estimate of drug-likeness (QED) is 0.845. The molecule has 5 rings (SSSR count).